The zero-order chi connectivity index (χ0) is 27.4. The van der Waals surface area contributed by atoms with Crippen molar-refractivity contribution in [3.05, 3.63) is 111 Å². The molecule has 0 saturated carbocycles. The molecule has 194 valence electrons. The zero-order valence-electron chi connectivity index (χ0n) is 20.1. The second kappa shape index (κ2) is 11.9. The van der Waals surface area contributed by atoms with Crippen LogP contribution in [0.25, 0.3) is 0 Å². The molecule has 0 aromatic heterocycles. The average Bonchev–Trinajstić information content (AvgIpc) is 2.87. The van der Waals surface area contributed by atoms with Gasteiger partial charge in [-0.3, -0.25) is 10.1 Å². The van der Waals surface area contributed by atoms with Crippen molar-refractivity contribution in [2.45, 2.75) is 23.6 Å². The average molecular weight is 573 g/mol. The number of urea groups is 1. The third-order valence-electron chi connectivity index (χ3n) is 5.41. The molecule has 0 aliphatic heterocycles. The Hall–Kier alpha value is -3.59. The predicted molar refractivity (Wildman–Crippen MR) is 146 cm³/mol. The molecule has 0 radical (unpaired) electrons. The van der Waals surface area contributed by atoms with Gasteiger partial charge in [0, 0.05) is 20.5 Å². The number of amides is 3. The molecule has 10 heteroatoms. The fourth-order valence-electron chi connectivity index (χ4n) is 3.47. The molecule has 0 atom stereocenters. The maximum Gasteiger partial charge on any atom is 0.326 e. The van der Waals surface area contributed by atoms with E-state index in [4.69, 9.17) is 27.9 Å². The first-order chi connectivity index (χ1) is 18.1. The lowest BCUT2D eigenvalue weighted by Gasteiger charge is -2.17. The third kappa shape index (κ3) is 6.45. The third-order valence-corrected chi connectivity index (χ3v) is 7.13. The van der Waals surface area contributed by atoms with Crippen molar-refractivity contribution in [2.75, 3.05) is 5.32 Å². The molecule has 0 unspecified atom stereocenters. The summed E-state index contributed by atoms with van der Waals surface area (Å²) in [6.07, 6.45) is 0. The van der Waals surface area contributed by atoms with Gasteiger partial charge >= 0.3 is 6.03 Å². The molecule has 0 fully saturated rings. The Morgan fingerprint density at radius 1 is 0.868 bits per heavy atom. The highest BCUT2D eigenvalue weighted by molar-refractivity contribution is 7.99. The minimum absolute atomic E-state index is 0.256. The molecule has 0 spiro atoms. The SMILES string of the molecule is Cc1cc(NC(=O)NC(=O)c2c(F)cccc2F)c(C)c(Cl)c1Oc1ccc(Sc2ccc(Cl)cc2)cc1. The first kappa shape index (κ1) is 27.4. The predicted octanol–water partition coefficient (Wildman–Crippen LogP) is 8.79. The molecule has 0 saturated heterocycles. The van der Waals surface area contributed by atoms with E-state index in [1.807, 2.05) is 53.8 Å². The number of ether oxygens (including phenoxy) is 1. The summed E-state index contributed by atoms with van der Waals surface area (Å²) in [6, 6.07) is 18.6. The van der Waals surface area contributed by atoms with Crippen molar-refractivity contribution in [3.63, 3.8) is 0 Å². The Kier molecular flexibility index (Phi) is 8.56. The van der Waals surface area contributed by atoms with Crippen molar-refractivity contribution in [2.24, 2.45) is 0 Å². The lowest BCUT2D eigenvalue weighted by molar-refractivity contribution is 0.0959. The highest BCUT2D eigenvalue weighted by atomic mass is 35.5. The van der Waals surface area contributed by atoms with Crippen molar-refractivity contribution in [1.82, 2.24) is 5.32 Å². The van der Waals surface area contributed by atoms with Gasteiger partial charge < -0.3 is 10.1 Å². The van der Waals surface area contributed by atoms with Crippen molar-refractivity contribution in [3.8, 4) is 11.5 Å². The van der Waals surface area contributed by atoms with Gasteiger partial charge in [0.1, 0.15) is 28.7 Å². The standard InChI is InChI=1S/C28H20Cl2F2N2O3S/c1-15-14-23(33-28(36)34-27(35)24-21(31)4-3-5-22(24)32)16(2)25(30)26(15)37-18-8-12-20(13-9-18)38-19-10-6-17(29)7-11-19/h3-14H,1-2H3,(H2,33,34,35,36). The number of benzene rings is 4. The monoisotopic (exact) mass is 572 g/mol. The number of carbonyl (C=O) groups is 2. The Morgan fingerprint density at radius 2 is 1.45 bits per heavy atom. The Labute approximate surface area is 232 Å². The number of halogens is 4. The summed E-state index contributed by atoms with van der Waals surface area (Å²) in [5.74, 6) is -2.41. The Bertz CT molecular complexity index is 1490. The van der Waals surface area contributed by atoms with Gasteiger partial charge in [0.25, 0.3) is 5.91 Å². The molecule has 0 bridgehead atoms. The van der Waals surface area contributed by atoms with E-state index in [-0.39, 0.29) is 5.02 Å². The fraction of sp³-hybridized carbons (Fsp3) is 0.0714. The number of nitrogens with one attached hydrogen (secondary N) is 2. The number of imide groups is 1. The summed E-state index contributed by atoms with van der Waals surface area (Å²) < 4.78 is 33.7. The van der Waals surface area contributed by atoms with Crippen LogP contribution in [0.4, 0.5) is 19.3 Å². The van der Waals surface area contributed by atoms with Crippen LogP contribution in [-0.4, -0.2) is 11.9 Å². The van der Waals surface area contributed by atoms with E-state index in [1.165, 1.54) is 0 Å². The Morgan fingerprint density at radius 3 is 2.05 bits per heavy atom. The molecule has 0 heterocycles. The number of carbonyl (C=O) groups excluding carboxylic acids is 2. The highest BCUT2D eigenvalue weighted by Crippen LogP contribution is 2.39. The lowest BCUT2D eigenvalue weighted by atomic mass is 10.1. The molecule has 5 nitrogen and oxygen atoms in total. The van der Waals surface area contributed by atoms with Crippen LogP contribution >= 0.6 is 35.0 Å². The van der Waals surface area contributed by atoms with Crippen LogP contribution in [0.5, 0.6) is 11.5 Å². The van der Waals surface area contributed by atoms with Gasteiger partial charge in [0.15, 0.2) is 0 Å². The summed E-state index contributed by atoms with van der Waals surface area (Å²) in [4.78, 5) is 26.6. The van der Waals surface area contributed by atoms with Crippen LogP contribution in [0.1, 0.15) is 21.5 Å². The van der Waals surface area contributed by atoms with E-state index < -0.39 is 29.1 Å². The highest BCUT2D eigenvalue weighted by Gasteiger charge is 2.21. The van der Waals surface area contributed by atoms with E-state index >= 15 is 0 Å². The van der Waals surface area contributed by atoms with Gasteiger partial charge in [0.2, 0.25) is 0 Å². The fourth-order valence-corrected chi connectivity index (χ4v) is 4.71. The summed E-state index contributed by atoms with van der Waals surface area (Å²) in [5, 5.41) is 5.34. The number of anilines is 1. The number of rotatable bonds is 6. The molecule has 0 aliphatic rings. The first-order valence-corrected chi connectivity index (χ1v) is 12.8. The van der Waals surface area contributed by atoms with E-state index in [2.05, 4.69) is 5.32 Å². The van der Waals surface area contributed by atoms with Gasteiger partial charge in [-0.1, -0.05) is 41.0 Å². The zero-order valence-corrected chi connectivity index (χ0v) is 22.4. The maximum absolute atomic E-state index is 13.8. The molecule has 3 amide bonds. The summed E-state index contributed by atoms with van der Waals surface area (Å²) >= 11 is 14.1. The van der Waals surface area contributed by atoms with Crippen LogP contribution in [-0.2, 0) is 0 Å². The van der Waals surface area contributed by atoms with Crippen LogP contribution in [0.15, 0.2) is 82.6 Å². The van der Waals surface area contributed by atoms with Gasteiger partial charge in [-0.25, -0.2) is 13.6 Å². The lowest BCUT2D eigenvalue weighted by Crippen LogP contribution is -2.35. The van der Waals surface area contributed by atoms with E-state index in [9.17, 15) is 18.4 Å². The molecule has 4 rings (SSSR count). The van der Waals surface area contributed by atoms with Crippen molar-refractivity contribution >= 4 is 52.6 Å². The van der Waals surface area contributed by atoms with Gasteiger partial charge in [-0.05, 0) is 91.7 Å². The summed E-state index contributed by atoms with van der Waals surface area (Å²) in [5.41, 5.74) is 0.535. The smallest absolute Gasteiger partial charge is 0.326 e. The largest absolute Gasteiger partial charge is 0.456 e. The molecule has 2 N–H and O–H groups in total. The molecule has 38 heavy (non-hydrogen) atoms. The Balaban J connectivity index is 1.44. The summed E-state index contributed by atoms with van der Waals surface area (Å²) in [6.45, 7) is 3.41. The molecular formula is C28H20Cl2F2N2O3S. The topological polar surface area (TPSA) is 67.4 Å². The van der Waals surface area contributed by atoms with Crippen LogP contribution in [0.2, 0.25) is 10.0 Å². The van der Waals surface area contributed by atoms with E-state index in [0.29, 0.717) is 33.3 Å². The number of hydrogen-bond donors (Lipinski definition) is 2. The molecular weight excluding hydrogens is 553 g/mol. The van der Waals surface area contributed by atoms with E-state index in [0.717, 1.165) is 28.0 Å². The van der Waals surface area contributed by atoms with Gasteiger partial charge in [0.05, 0.1) is 5.02 Å². The van der Waals surface area contributed by atoms with Crippen LogP contribution in [0, 0.1) is 25.5 Å². The van der Waals surface area contributed by atoms with Crippen LogP contribution in [0.3, 0.4) is 0 Å². The molecule has 4 aromatic rings. The molecule has 0 aliphatic carbocycles. The number of aryl methyl sites for hydroxylation is 1. The quantitative estimate of drug-likeness (QED) is 0.242. The van der Waals surface area contributed by atoms with Gasteiger partial charge in [-0.2, -0.15) is 0 Å². The second-order valence-corrected chi connectivity index (χ2v) is 10.1. The van der Waals surface area contributed by atoms with Crippen molar-refractivity contribution < 1.29 is 23.1 Å². The maximum atomic E-state index is 13.8. The summed E-state index contributed by atoms with van der Waals surface area (Å²) in [7, 11) is 0. The normalized spacial score (nSPS) is 10.7. The van der Waals surface area contributed by atoms with Crippen molar-refractivity contribution in [1.29, 1.82) is 0 Å². The first-order valence-electron chi connectivity index (χ1n) is 11.2. The van der Waals surface area contributed by atoms with Gasteiger partial charge in [-0.15, -0.1) is 0 Å². The molecule has 4 aromatic carbocycles. The van der Waals surface area contributed by atoms with E-state index in [1.54, 1.807) is 31.7 Å². The second-order valence-electron chi connectivity index (χ2n) is 8.14. The number of hydrogen-bond acceptors (Lipinski definition) is 4. The minimum Gasteiger partial charge on any atom is -0.456 e. The minimum atomic E-state index is -1.21. The van der Waals surface area contributed by atoms with Crippen LogP contribution < -0.4 is 15.4 Å².